The highest BCUT2D eigenvalue weighted by Crippen LogP contribution is 2.37. The van der Waals surface area contributed by atoms with Crippen LogP contribution < -0.4 is 10.5 Å². The highest BCUT2D eigenvalue weighted by Gasteiger charge is 2.44. The van der Waals surface area contributed by atoms with Crippen LogP contribution in [0.3, 0.4) is 0 Å². The first-order valence-electron chi connectivity index (χ1n) is 11.4. The number of anilines is 1. The molecular weight excluding hydrogens is 491 g/mol. The summed E-state index contributed by atoms with van der Waals surface area (Å²) in [4.78, 5) is 43.2. The number of cyclic esters (lactones) is 1. The molecule has 1 fully saturated rings. The zero-order chi connectivity index (χ0) is 27.1. The third-order valence-electron chi connectivity index (χ3n) is 6.07. The van der Waals surface area contributed by atoms with Gasteiger partial charge < -0.3 is 14.5 Å². The molecule has 0 radical (unpaired) electrons. The number of benzene rings is 2. The number of alkyl halides is 3. The fourth-order valence-electron chi connectivity index (χ4n) is 4.21. The van der Waals surface area contributed by atoms with Crippen molar-refractivity contribution in [1.82, 2.24) is 9.88 Å². The van der Waals surface area contributed by atoms with Crippen molar-refractivity contribution in [3.05, 3.63) is 64.4 Å². The van der Waals surface area contributed by atoms with Crippen molar-refractivity contribution in [1.29, 1.82) is 0 Å². The molecule has 1 saturated heterocycles. The van der Waals surface area contributed by atoms with Crippen LogP contribution in [0.1, 0.15) is 19.4 Å². The normalized spacial score (nSPS) is 16.4. The molecule has 11 heteroatoms. The quantitative estimate of drug-likeness (QED) is 0.487. The molecule has 1 aromatic heterocycles. The van der Waals surface area contributed by atoms with E-state index < -0.39 is 41.1 Å². The number of likely N-dealkylation sites (N-methyl/N-ethyl adjacent to an activating group) is 1. The molecule has 1 N–H and O–H groups in total. The van der Waals surface area contributed by atoms with Crippen molar-refractivity contribution in [2.24, 2.45) is 0 Å². The van der Waals surface area contributed by atoms with Gasteiger partial charge in [-0.25, -0.2) is 4.79 Å². The lowest BCUT2D eigenvalue weighted by atomic mass is 10.0. The summed E-state index contributed by atoms with van der Waals surface area (Å²) in [7, 11) is 3.45. The molecule has 0 spiro atoms. The number of esters is 1. The number of carbonyl (C=O) groups is 2. The summed E-state index contributed by atoms with van der Waals surface area (Å²) in [5, 5.41) is 0.597. The summed E-state index contributed by atoms with van der Waals surface area (Å²) >= 11 is 0. The number of fused-ring (bicyclic) bond motifs is 1. The SMILES string of the molecule is CN(C)CC(=O)OC(C)(C)[C@@H]1CN(c2ccc3cc(-c4ccccc4C(F)(F)F)[nH]c(=O)c3c2)C(=O)O1. The molecule has 1 atom stereocenters. The van der Waals surface area contributed by atoms with Gasteiger partial charge >= 0.3 is 18.2 Å². The Kier molecular flexibility index (Phi) is 6.76. The van der Waals surface area contributed by atoms with E-state index in [1.807, 2.05) is 0 Å². The Morgan fingerprint density at radius 1 is 1.14 bits per heavy atom. The number of carbonyl (C=O) groups excluding carboxylic acids is 2. The molecular formula is C26H26F3N3O5. The van der Waals surface area contributed by atoms with E-state index in [1.54, 1.807) is 45.0 Å². The number of aromatic nitrogens is 1. The van der Waals surface area contributed by atoms with Crippen molar-refractivity contribution in [3.8, 4) is 11.3 Å². The van der Waals surface area contributed by atoms with Gasteiger partial charge in [0.25, 0.3) is 5.56 Å². The van der Waals surface area contributed by atoms with E-state index >= 15 is 0 Å². The third kappa shape index (κ3) is 5.46. The summed E-state index contributed by atoms with van der Waals surface area (Å²) in [6.45, 7) is 3.43. The second-order valence-corrected chi connectivity index (χ2v) is 9.63. The number of ether oxygens (including phenoxy) is 2. The molecule has 0 unspecified atom stereocenters. The highest BCUT2D eigenvalue weighted by molar-refractivity contribution is 5.95. The molecule has 4 rings (SSSR count). The number of H-pyrrole nitrogens is 1. The first-order valence-corrected chi connectivity index (χ1v) is 11.4. The van der Waals surface area contributed by atoms with Crippen LogP contribution in [0, 0.1) is 0 Å². The Bertz CT molecular complexity index is 1410. The first-order chi connectivity index (χ1) is 17.3. The van der Waals surface area contributed by atoms with Crippen LogP contribution in [0.25, 0.3) is 22.0 Å². The van der Waals surface area contributed by atoms with E-state index in [0.29, 0.717) is 11.1 Å². The first kappa shape index (κ1) is 26.2. The van der Waals surface area contributed by atoms with Crippen LogP contribution in [0.15, 0.2) is 53.3 Å². The van der Waals surface area contributed by atoms with Crippen LogP contribution in [-0.4, -0.2) is 60.8 Å². The van der Waals surface area contributed by atoms with Crippen molar-refractivity contribution in [3.63, 3.8) is 0 Å². The monoisotopic (exact) mass is 517 g/mol. The molecule has 0 aliphatic carbocycles. The van der Waals surface area contributed by atoms with Gasteiger partial charge in [0.2, 0.25) is 0 Å². The summed E-state index contributed by atoms with van der Waals surface area (Å²) < 4.78 is 51.4. The summed E-state index contributed by atoms with van der Waals surface area (Å²) in [6, 6.07) is 11.1. The van der Waals surface area contributed by atoms with Gasteiger partial charge in [-0.05, 0) is 57.6 Å². The van der Waals surface area contributed by atoms with Gasteiger partial charge in [-0.3, -0.25) is 19.4 Å². The Morgan fingerprint density at radius 3 is 2.51 bits per heavy atom. The van der Waals surface area contributed by atoms with Gasteiger partial charge in [0, 0.05) is 22.3 Å². The Morgan fingerprint density at radius 2 is 1.84 bits per heavy atom. The predicted molar refractivity (Wildman–Crippen MR) is 131 cm³/mol. The van der Waals surface area contributed by atoms with Crippen LogP contribution in [-0.2, 0) is 20.4 Å². The second-order valence-electron chi connectivity index (χ2n) is 9.63. The van der Waals surface area contributed by atoms with Gasteiger partial charge in [0.15, 0.2) is 6.10 Å². The number of rotatable bonds is 6. The summed E-state index contributed by atoms with van der Waals surface area (Å²) in [6.07, 6.45) is -6.03. The Hall–Kier alpha value is -3.86. The van der Waals surface area contributed by atoms with E-state index in [-0.39, 0.29) is 29.7 Å². The van der Waals surface area contributed by atoms with Crippen molar-refractivity contribution in [2.45, 2.75) is 31.7 Å². The molecule has 37 heavy (non-hydrogen) atoms. The summed E-state index contributed by atoms with van der Waals surface area (Å²) in [5.41, 5.74) is -2.32. The molecule has 8 nitrogen and oxygen atoms in total. The van der Waals surface area contributed by atoms with Crippen molar-refractivity contribution in [2.75, 3.05) is 32.1 Å². The lowest BCUT2D eigenvalue weighted by Crippen LogP contribution is -2.44. The van der Waals surface area contributed by atoms with E-state index in [4.69, 9.17) is 9.47 Å². The standard InChI is InChI=1S/C26H26F3N3O5/c1-25(2,37-22(33)14-31(3)4)21-13-32(24(35)36-21)16-10-9-15-11-20(30-23(34)18(15)12-16)17-7-5-6-8-19(17)26(27,28)29/h5-12,21H,13-14H2,1-4H3,(H,30,34)/t21-/m0/s1. The minimum absolute atomic E-state index is 0.0279. The fourth-order valence-corrected chi connectivity index (χ4v) is 4.21. The van der Waals surface area contributed by atoms with E-state index in [1.165, 1.54) is 35.2 Å². The van der Waals surface area contributed by atoms with E-state index in [2.05, 4.69) is 4.98 Å². The average Bonchev–Trinajstić information content (AvgIpc) is 3.20. The second kappa shape index (κ2) is 9.55. The zero-order valence-corrected chi connectivity index (χ0v) is 20.7. The number of hydrogen-bond acceptors (Lipinski definition) is 6. The van der Waals surface area contributed by atoms with Crippen LogP contribution >= 0.6 is 0 Å². The molecule has 2 aromatic carbocycles. The molecule has 0 bridgehead atoms. The largest absolute Gasteiger partial charge is 0.455 e. The number of amides is 1. The third-order valence-corrected chi connectivity index (χ3v) is 6.07. The number of aromatic amines is 1. The molecule has 0 saturated carbocycles. The summed E-state index contributed by atoms with van der Waals surface area (Å²) in [5.74, 6) is -0.468. The molecule has 2 heterocycles. The minimum atomic E-state index is -4.59. The number of nitrogens with one attached hydrogen (secondary N) is 1. The van der Waals surface area contributed by atoms with Crippen molar-refractivity contribution < 1.29 is 32.2 Å². The van der Waals surface area contributed by atoms with Gasteiger partial charge in [0.05, 0.1) is 18.7 Å². The van der Waals surface area contributed by atoms with Crippen LogP contribution in [0.5, 0.6) is 0 Å². The lowest BCUT2D eigenvalue weighted by Gasteiger charge is -2.30. The number of halogens is 3. The smallest absolute Gasteiger partial charge is 0.417 e. The maximum absolute atomic E-state index is 13.5. The van der Waals surface area contributed by atoms with Gasteiger partial charge in [-0.15, -0.1) is 0 Å². The maximum Gasteiger partial charge on any atom is 0.417 e. The minimum Gasteiger partial charge on any atom is -0.455 e. The lowest BCUT2D eigenvalue weighted by molar-refractivity contribution is -0.165. The fraction of sp³-hybridized carbons (Fsp3) is 0.346. The van der Waals surface area contributed by atoms with Gasteiger partial charge in [-0.2, -0.15) is 13.2 Å². The Labute approximate surface area is 210 Å². The maximum atomic E-state index is 13.5. The van der Waals surface area contributed by atoms with E-state index in [0.717, 1.165) is 6.07 Å². The molecule has 1 aliphatic heterocycles. The molecule has 196 valence electrons. The van der Waals surface area contributed by atoms with Crippen molar-refractivity contribution >= 4 is 28.5 Å². The molecule has 1 aliphatic rings. The highest BCUT2D eigenvalue weighted by atomic mass is 19.4. The predicted octanol–water partition coefficient (Wildman–Crippen LogP) is 4.42. The van der Waals surface area contributed by atoms with E-state index in [9.17, 15) is 27.6 Å². The number of pyridine rings is 1. The Balaban J connectivity index is 1.62. The van der Waals surface area contributed by atoms with Crippen LogP contribution in [0.2, 0.25) is 0 Å². The zero-order valence-electron chi connectivity index (χ0n) is 20.7. The number of nitrogens with zero attached hydrogens (tertiary/aromatic N) is 2. The molecule has 3 aromatic rings. The number of hydrogen-bond donors (Lipinski definition) is 1. The average molecular weight is 518 g/mol. The molecule has 1 amide bonds. The topological polar surface area (TPSA) is 91.9 Å². The van der Waals surface area contributed by atoms with Crippen LogP contribution in [0.4, 0.5) is 23.7 Å². The van der Waals surface area contributed by atoms with Gasteiger partial charge in [0.1, 0.15) is 5.60 Å². The van der Waals surface area contributed by atoms with Gasteiger partial charge in [-0.1, -0.05) is 24.3 Å².